The maximum atomic E-state index is 12.9. The Morgan fingerprint density at radius 1 is 1.04 bits per heavy atom. The van der Waals surface area contributed by atoms with E-state index >= 15 is 0 Å². The van der Waals surface area contributed by atoms with E-state index in [4.69, 9.17) is 14.2 Å². The van der Waals surface area contributed by atoms with E-state index in [1.807, 2.05) is 11.9 Å². The summed E-state index contributed by atoms with van der Waals surface area (Å²) in [5.74, 6) is 0.908. The van der Waals surface area contributed by atoms with Gasteiger partial charge >= 0.3 is 0 Å². The van der Waals surface area contributed by atoms with Gasteiger partial charge in [0.2, 0.25) is 11.7 Å². The van der Waals surface area contributed by atoms with Crippen LogP contribution in [0.3, 0.4) is 0 Å². The Bertz CT molecular complexity index is 725. The van der Waals surface area contributed by atoms with E-state index in [0.717, 1.165) is 5.56 Å². The molecule has 140 valence electrons. The van der Waals surface area contributed by atoms with Gasteiger partial charge in [0.25, 0.3) is 0 Å². The van der Waals surface area contributed by atoms with Crippen molar-refractivity contribution in [3.63, 3.8) is 0 Å². The third-order valence-corrected chi connectivity index (χ3v) is 3.73. The van der Waals surface area contributed by atoms with Crippen molar-refractivity contribution in [3.05, 3.63) is 47.8 Å². The molecule has 2 aromatic rings. The summed E-state index contributed by atoms with van der Waals surface area (Å²) in [7, 11) is 6.36. The van der Waals surface area contributed by atoms with Crippen LogP contribution in [0.5, 0.6) is 17.2 Å². The molecule has 2 rings (SSSR count). The summed E-state index contributed by atoms with van der Waals surface area (Å²) in [4.78, 5) is 14.1. The molecule has 6 nitrogen and oxygen atoms in total. The maximum absolute atomic E-state index is 12.9. The average molecular weight is 362 g/mol. The zero-order valence-corrected chi connectivity index (χ0v) is 15.3. The smallest absolute Gasteiger partial charge is 0.238 e. The maximum Gasteiger partial charge on any atom is 0.238 e. The van der Waals surface area contributed by atoms with Crippen LogP contribution in [0, 0.1) is 5.82 Å². The summed E-state index contributed by atoms with van der Waals surface area (Å²) in [6, 6.07) is 9.53. The molecule has 1 amide bonds. The van der Waals surface area contributed by atoms with Gasteiger partial charge in [-0.2, -0.15) is 0 Å². The largest absolute Gasteiger partial charge is 0.493 e. The molecular weight excluding hydrogens is 339 g/mol. The fraction of sp³-hybridized carbons (Fsp3) is 0.316. The number of likely N-dealkylation sites (N-methyl/N-ethyl adjacent to an activating group) is 1. The second-order valence-electron chi connectivity index (χ2n) is 5.76. The molecule has 0 saturated heterocycles. The number of carbonyl (C=O) groups excluding carboxylic acids is 1. The first-order valence-electron chi connectivity index (χ1n) is 7.99. The molecule has 0 radical (unpaired) electrons. The monoisotopic (exact) mass is 362 g/mol. The van der Waals surface area contributed by atoms with E-state index in [-0.39, 0.29) is 18.3 Å². The summed E-state index contributed by atoms with van der Waals surface area (Å²) >= 11 is 0. The fourth-order valence-corrected chi connectivity index (χ4v) is 2.56. The molecule has 2 aromatic carbocycles. The van der Waals surface area contributed by atoms with Crippen molar-refractivity contribution >= 4 is 11.6 Å². The molecule has 0 fully saturated rings. The number of nitrogens with zero attached hydrogens (tertiary/aromatic N) is 1. The number of halogens is 1. The number of amides is 1. The summed E-state index contributed by atoms with van der Waals surface area (Å²) in [6.07, 6.45) is 0. The zero-order chi connectivity index (χ0) is 19.1. The minimum absolute atomic E-state index is 0.175. The molecule has 0 heterocycles. The van der Waals surface area contributed by atoms with Gasteiger partial charge in [-0.1, -0.05) is 12.1 Å². The zero-order valence-electron chi connectivity index (χ0n) is 15.3. The van der Waals surface area contributed by atoms with Gasteiger partial charge in [-0.3, -0.25) is 9.69 Å². The number of ether oxygens (including phenoxy) is 3. The van der Waals surface area contributed by atoms with Gasteiger partial charge in [0, 0.05) is 24.4 Å². The highest BCUT2D eigenvalue weighted by Crippen LogP contribution is 2.39. The minimum atomic E-state index is -0.281. The van der Waals surface area contributed by atoms with E-state index in [9.17, 15) is 9.18 Å². The Labute approximate surface area is 152 Å². The predicted molar refractivity (Wildman–Crippen MR) is 97.5 cm³/mol. The van der Waals surface area contributed by atoms with Crippen LogP contribution in [0.25, 0.3) is 0 Å². The van der Waals surface area contributed by atoms with Gasteiger partial charge in [0.1, 0.15) is 5.82 Å². The molecule has 1 N–H and O–H groups in total. The molecule has 0 spiro atoms. The number of benzene rings is 2. The number of nitrogens with one attached hydrogen (secondary N) is 1. The molecule has 26 heavy (non-hydrogen) atoms. The predicted octanol–water partition coefficient (Wildman–Crippen LogP) is 2.92. The lowest BCUT2D eigenvalue weighted by Crippen LogP contribution is -2.29. The Kier molecular flexibility index (Phi) is 6.80. The molecule has 0 bridgehead atoms. The van der Waals surface area contributed by atoms with Gasteiger partial charge in [0.15, 0.2) is 11.5 Å². The molecular formula is C19H23FN2O4. The number of carbonyl (C=O) groups is 1. The standard InChI is InChI=1S/C19H23FN2O4/c1-22(11-13-5-7-14(20)8-6-13)12-18(23)21-15-9-16(24-2)19(26-4)17(10-15)25-3/h5-10H,11-12H2,1-4H3,(H,21,23). The Hall–Kier alpha value is -2.80. The number of anilines is 1. The molecule has 0 unspecified atom stereocenters. The van der Waals surface area contributed by atoms with Gasteiger partial charge in [-0.15, -0.1) is 0 Å². The normalized spacial score (nSPS) is 10.5. The molecule has 0 aromatic heterocycles. The first-order chi connectivity index (χ1) is 12.5. The topological polar surface area (TPSA) is 60.0 Å². The molecule has 0 atom stereocenters. The number of hydrogen-bond acceptors (Lipinski definition) is 5. The highest BCUT2D eigenvalue weighted by molar-refractivity contribution is 5.93. The van der Waals surface area contributed by atoms with Crippen LogP contribution in [-0.4, -0.2) is 45.7 Å². The summed E-state index contributed by atoms with van der Waals surface area (Å²) in [6.45, 7) is 0.705. The fourth-order valence-electron chi connectivity index (χ4n) is 2.56. The van der Waals surface area contributed by atoms with Crippen molar-refractivity contribution in [3.8, 4) is 17.2 Å². The lowest BCUT2D eigenvalue weighted by molar-refractivity contribution is -0.117. The van der Waals surface area contributed by atoms with Crippen molar-refractivity contribution in [1.82, 2.24) is 4.90 Å². The number of rotatable bonds is 8. The van der Waals surface area contributed by atoms with Crippen molar-refractivity contribution in [2.75, 3.05) is 40.2 Å². The van der Waals surface area contributed by atoms with Crippen molar-refractivity contribution in [1.29, 1.82) is 0 Å². The van der Waals surface area contributed by atoms with Gasteiger partial charge in [-0.05, 0) is 24.7 Å². The molecule has 0 aliphatic rings. The Morgan fingerprint density at radius 3 is 2.12 bits per heavy atom. The van der Waals surface area contributed by atoms with Gasteiger partial charge in [-0.25, -0.2) is 4.39 Å². The van der Waals surface area contributed by atoms with E-state index in [0.29, 0.717) is 29.5 Å². The molecule has 0 saturated carbocycles. The van der Waals surface area contributed by atoms with Crippen LogP contribution in [0.1, 0.15) is 5.56 Å². The van der Waals surface area contributed by atoms with E-state index in [2.05, 4.69) is 5.32 Å². The van der Waals surface area contributed by atoms with Crippen LogP contribution < -0.4 is 19.5 Å². The van der Waals surface area contributed by atoms with Crippen LogP contribution in [0.4, 0.5) is 10.1 Å². The van der Waals surface area contributed by atoms with Crippen LogP contribution in [0.2, 0.25) is 0 Å². The number of hydrogen-bond donors (Lipinski definition) is 1. The second kappa shape index (κ2) is 9.05. The lowest BCUT2D eigenvalue weighted by Gasteiger charge is -2.18. The van der Waals surface area contributed by atoms with Crippen LogP contribution in [0.15, 0.2) is 36.4 Å². The van der Waals surface area contributed by atoms with E-state index in [1.54, 1.807) is 24.3 Å². The Balaban J connectivity index is 2.01. The summed E-state index contributed by atoms with van der Waals surface area (Å²) < 4.78 is 28.8. The summed E-state index contributed by atoms with van der Waals surface area (Å²) in [5, 5.41) is 2.81. The quantitative estimate of drug-likeness (QED) is 0.782. The van der Waals surface area contributed by atoms with E-state index < -0.39 is 0 Å². The molecule has 7 heteroatoms. The van der Waals surface area contributed by atoms with Gasteiger partial charge in [0.05, 0.1) is 27.9 Å². The van der Waals surface area contributed by atoms with Crippen molar-refractivity contribution < 1.29 is 23.4 Å². The third-order valence-electron chi connectivity index (χ3n) is 3.73. The van der Waals surface area contributed by atoms with Crippen LogP contribution in [-0.2, 0) is 11.3 Å². The highest BCUT2D eigenvalue weighted by Gasteiger charge is 2.15. The van der Waals surface area contributed by atoms with Crippen molar-refractivity contribution in [2.24, 2.45) is 0 Å². The lowest BCUT2D eigenvalue weighted by atomic mass is 10.2. The van der Waals surface area contributed by atoms with Crippen molar-refractivity contribution in [2.45, 2.75) is 6.54 Å². The molecule has 0 aliphatic carbocycles. The average Bonchev–Trinajstić information content (AvgIpc) is 2.62. The summed E-state index contributed by atoms with van der Waals surface area (Å²) in [5.41, 5.74) is 1.47. The first kappa shape index (κ1) is 19.5. The second-order valence-corrected chi connectivity index (χ2v) is 5.76. The first-order valence-corrected chi connectivity index (χ1v) is 7.99. The van der Waals surface area contributed by atoms with Gasteiger partial charge < -0.3 is 19.5 Å². The molecule has 0 aliphatic heterocycles. The number of methoxy groups -OCH3 is 3. The Morgan fingerprint density at radius 2 is 1.62 bits per heavy atom. The SMILES string of the molecule is COc1cc(NC(=O)CN(C)Cc2ccc(F)cc2)cc(OC)c1OC. The third kappa shape index (κ3) is 5.10. The minimum Gasteiger partial charge on any atom is -0.493 e. The van der Waals surface area contributed by atoms with E-state index in [1.165, 1.54) is 33.5 Å². The highest BCUT2D eigenvalue weighted by atomic mass is 19.1. The van der Waals surface area contributed by atoms with Crippen LogP contribution >= 0.6 is 0 Å².